The van der Waals surface area contributed by atoms with E-state index in [0.29, 0.717) is 32.3 Å². The molecule has 1 aromatic heterocycles. The van der Waals surface area contributed by atoms with Crippen molar-refractivity contribution >= 4 is 5.96 Å². The van der Waals surface area contributed by atoms with E-state index in [2.05, 4.69) is 20.6 Å². The number of benzene rings is 2. The van der Waals surface area contributed by atoms with Crippen molar-refractivity contribution in [2.24, 2.45) is 4.99 Å². The molecule has 7 heteroatoms. The van der Waals surface area contributed by atoms with Crippen LogP contribution in [0.4, 0.5) is 0 Å². The van der Waals surface area contributed by atoms with E-state index in [-0.39, 0.29) is 6.10 Å². The SMILES string of the molecule is CN=C(NCc1cccc(OCc2ccccn2)c1)NCC1COc2ccccc2O1. The monoisotopic (exact) mass is 418 g/mol. The van der Waals surface area contributed by atoms with Crippen molar-refractivity contribution in [3.8, 4) is 17.2 Å². The fourth-order valence-electron chi connectivity index (χ4n) is 3.17. The highest BCUT2D eigenvalue weighted by Crippen LogP contribution is 2.30. The van der Waals surface area contributed by atoms with Crippen LogP contribution in [0.5, 0.6) is 17.2 Å². The van der Waals surface area contributed by atoms with Crippen LogP contribution in [0.15, 0.2) is 77.9 Å². The van der Waals surface area contributed by atoms with Crippen LogP contribution in [0, 0.1) is 0 Å². The molecule has 0 aliphatic carbocycles. The lowest BCUT2D eigenvalue weighted by atomic mass is 10.2. The molecule has 7 nitrogen and oxygen atoms in total. The van der Waals surface area contributed by atoms with E-state index in [1.165, 1.54) is 0 Å². The molecule has 1 atom stereocenters. The number of pyridine rings is 1. The van der Waals surface area contributed by atoms with Gasteiger partial charge in [-0.05, 0) is 42.0 Å². The third-order valence-electron chi connectivity index (χ3n) is 4.76. The Balaban J connectivity index is 1.24. The summed E-state index contributed by atoms with van der Waals surface area (Å²) in [5.41, 5.74) is 1.99. The second-order valence-corrected chi connectivity index (χ2v) is 7.06. The van der Waals surface area contributed by atoms with Crippen molar-refractivity contribution in [3.05, 3.63) is 84.2 Å². The van der Waals surface area contributed by atoms with Gasteiger partial charge in [-0.1, -0.05) is 30.3 Å². The summed E-state index contributed by atoms with van der Waals surface area (Å²) in [6, 6.07) is 21.5. The van der Waals surface area contributed by atoms with E-state index in [0.717, 1.165) is 28.5 Å². The number of nitrogens with zero attached hydrogens (tertiary/aromatic N) is 2. The van der Waals surface area contributed by atoms with Crippen molar-refractivity contribution in [3.63, 3.8) is 0 Å². The standard InChI is InChI=1S/C24H26N4O3/c1-25-24(28-15-21-17-30-22-10-2-3-11-23(22)31-21)27-14-18-7-6-9-20(13-18)29-16-19-8-4-5-12-26-19/h2-13,21H,14-17H2,1H3,(H2,25,27,28). The van der Waals surface area contributed by atoms with Gasteiger partial charge in [0.25, 0.3) is 0 Å². The normalized spacial score (nSPS) is 15.3. The summed E-state index contributed by atoms with van der Waals surface area (Å²) in [7, 11) is 1.75. The highest BCUT2D eigenvalue weighted by atomic mass is 16.6. The molecule has 2 aromatic carbocycles. The molecule has 0 saturated heterocycles. The number of hydrogen-bond acceptors (Lipinski definition) is 5. The van der Waals surface area contributed by atoms with E-state index < -0.39 is 0 Å². The summed E-state index contributed by atoms with van der Waals surface area (Å²) in [6.45, 7) is 2.14. The quantitative estimate of drug-likeness (QED) is 0.453. The number of nitrogens with one attached hydrogen (secondary N) is 2. The molecule has 0 amide bonds. The summed E-state index contributed by atoms with van der Waals surface area (Å²) in [5.74, 6) is 3.05. The number of rotatable bonds is 7. The molecule has 1 aliphatic rings. The molecule has 0 spiro atoms. The first kappa shape index (κ1) is 20.5. The highest BCUT2D eigenvalue weighted by molar-refractivity contribution is 5.79. The molecule has 0 radical (unpaired) electrons. The van der Waals surface area contributed by atoms with Gasteiger partial charge in [-0.25, -0.2) is 0 Å². The van der Waals surface area contributed by atoms with Crippen molar-refractivity contribution in [1.29, 1.82) is 0 Å². The number of hydrogen-bond donors (Lipinski definition) is 2. The van der Waals surface area contributed by atoms with E-state index in [4.69, 9.17) is 14.2 Å². The van der Waals surface area contributed by atoms with Crippen LogP contribution in [-0.4, -0.2) is 37.2 Å². The summed E-state index contributed by atoms with van der Waals surface area (Å²) in [5, 5.41) is 6.62. The maximum absolute atomic E-state index is 5.98. The van der Waals surface area contributed by atoms with Gasteiger partial charge in [0.15, 0.2) is 17.5 Å². The van der Waals surface area contributed by atoms with Crippen LogP contribution in [0.2, 0.25) is 0 Å². The van der Waals surface area contributed by atoms with Crippen LogP contribution in [0.1, 0.15) is 11.3 Å². The zero-order valence-corrected chi connectivity index (χ0v) is 17.5. The van der Waals surface area contributed by atoms with E-state index in [1.54, 1.807) is 13.2 Å². The number of para-hydroxylation sites is 2. The van der Waals surface area contributed by atoms with Gasteiger partial charge in [0.2, 0.25) is 0 Å². The summed E-state index contributed by atoms with van der Waals surface area (Å²) in [6.07, 6.45) is 1.68. The average Bonchev–Trinajstić information content (AvgIpc) is 2.83. The minimum Gasteiger partial charge on any atom is -0.487 e. The minimum absolute atomic E-state index is 0.0863. The number of aliphatic imine (C=N–C) groups is 1. The third kappa shape index (κ3) is 5.88. The Labute approximate surface area is 182 Å². The number of guanidine groups is 1. The van der Waals surface area contributed by atoms with E-state index in [1.807, 2.05) is 66.7 Å². The third-order valence-corrected chi connectivity index (χ3v) is 4.76. The molecule has 3 aromatic rings. The predicted octanol–water partition coefficient (Wildman–Crippen LogP) is 3.17. The van der Waals surface area contributed by atoms with Gasteiger partial charge in [0, 0.05) is 19.8 Å². The fraction of sp³-hybridized carbons (Fsp3) is 0.250. The lowest BCUT2D eigenvalue weighted by Gasteiger charge is -2.27. The van der Waals surface area contributed by atoms with Crippen LogP contribution in [0.3, 0.4) is 0 Å². The Morgan fingerprint density at radius 3 is 2.77 bits per heavy atom. The highest BCUT2D eigenvalue weighted by Gasteiger charge is 2.20. The van der Waals surface area contributed by atoms with Crippen LogP contribution in [0.25, 0.3) is 0 Å². The van der Waals surface area contributed by atoms with Crippen molar-refractivity contribution in [1.82, 2.24) is 15.6 Å². The Bertz CT molecular complexity index is 1010. The second-order valence-electron chi connectivity index (χ2n) is 7.06. The first-order chi connectivity index (χ1) is 15.3. The zero-order chi connectivity index (χ0) is 21.3. The molecule has 2 heterocycles. The summed E-state index contributed by atoms with van der Waals surface area (Å²) < 4.78 is 17.6. The first-order valence-corrected chi connectivity index (χ1v) is 10.2. The van der Waals surface area contributed by atoms with Gasteiger partial charge >= 0.3 is 0 Å². The summed E-state index contributed by atoms with van der Waals surface area (Å²) >= 11 is 0. The molecular weight excluding hydrogens is 392 g/mol. The van der Waals surface area contributed by atoms with E-state index in [9.17, 15) is 0 Å². The van der Waals surface area contributed by atoms with Gasteiger partial charge in [-0.3, -0.25) is 9.98 Å². The lowest BCUT2D eigenvalue weighted by molar-refractivity contribution is 0.0936. The predicted molar refractivity (Wildman–Crippen MR) is 120 cm³/mol. The van der Waals surface area contributed by atoms with Gasteiger partial charge in [0.1, 0.15) is 25.1 Å². The fourth-order valence-corrected chi connectivity index (χ4v) is 3.17. The van der Waals surface area contributed by atoms with Crippen molar-refractivity contribution in [2.75, 3.05) is 20.2 Å². The molecule has 160 valence electrons. The van der Waals surface area contributed by atoms with Crippen LogP contribution < -0.4 is 24.8 Å². The maximum atomic E-state index is 5.98. The van der Waals surface area contributed by atoms with Crippen molar-refractivity contribution < 1.29 is 14.2 Å². The largest absolute Gasteiger partial charge is 0.487 e. The van der Waals surface area contributed by atoms with Crippen LogP contribution >= 0.6 is 0 Å². The Kier molecular flexibility index (Phi) is 6.85. The Morgan fingerprint density at radius 1 is 1.06 bits per heavy atom. The molecule has 4 rings (SSSR count). The summed E-state index contributed by atoms with van der Waals surface area (Å²) in [4.78, 5) is 8.57. The molecule has 2 N–H and O–H groups in total. The zero-order valence-electron chi connectivity index (χ0n) is 17.5. The smallest absolute Gasteiger partial charge is 0.191 e. The topological polar surface area (TPSA) is 77.0 Å². The molecule has 1 aliphatic heterocycles. The van der Waals surface area contributed by atoms with Crippen molar-refractivity contribution in [2.45, 2.75) is 19.3 Å². The van der Waals surface area contributed by atoms with Gasteiger partial charge in [0.05, 0.1) is 12.2 Å². The van der Waals surface area contributed by atoms with E-state index >= 15 is 0 Å². The van der Waals surface area contributed by atoms with Gasteiger partial charge < -0.3 is 24.8 Å². The maximum Gasteiger partial charge on any atom is 0.191 e. The molecular formula is C24H26N4O3. The minimum atomic E-state index is -0.0863. The average molecular weight is 418 g/mol. The molecule has 0 saturated carbocycles. The van der Waals surface area contributed by atoms with Gasteiger partial charge in [-0.2, -0.15) is 0 Å². The first-order valence-electron chi connectivity index (χ1n) is 10.2. The number of fused-ring (bicyclic) bond motifs is 1. The van der Waals surface area contributed by atoms with Crippen LogP contribution in [-0.2, 0) is 13.2 Å². The Hall–Kier alpha value is -3.74. The Morgan fingerprint density at radius 2 is 1.94 bits per heavy atom. The number of aromatic nitrogens is 1. The van der Waals surface area contributed by atoms with Gasteiger partial charge in [-0.15, -0.1) is 0 Å². The molecule has 1 unspecified atom stereocenters. The second kappa shape index (κ2) is 10.3. The molecule has 0 bridgehead atoms. The molecule has 31 heavy (non-hydrogen) atoms. The number of ether oxygens (including phenoxy) is 3. The molecule has 0 fully saturated rings. The lowest BCUT2D eigenvalue weighted by Crippen LogP contribution is -2.45.